The van der Waals surface area contributed by atoms with Crippen LogP contribution in [0.25, 0.3) is 0 Å². The molecular weight excluding hydrogens is 344 g/mol. The van der Waals surface area contributed by atoms with Crippen molar-refractivity contribution in [1.82, 2.24) is 5.32 Å². The minimum Gasteiger partial charge on any atom is -0.306 e. The van der Waals surface area contributed by atoms with Gasteiger partial charge < -0.3 is 5.32 Å². The van der Waals surface area contributed by atoms with Crippen LogP contribution in [0.15, 0.2) is 24.3 Å². The van der Waals surface area contributed by atoms with Crippen LogP contribution in [0.5, 0.6) is 0 Å². The Morgan fingerprint density at radius 3 is 2.42 bits per heavy atom. The summed E-state index contributed by atoms with van der Waals surface area (Å²) in [7, 11) is 0. The number of hydrogen-bond donors (Lipinski definition) is 1. The summed E-state index contributed by atoms with van der Waals surface area (Å²) in [6.45, 7) is 2.80. The van der Waals surface area contributed by atoms with E-state index in [1.165, 1.54) is 11.3 Å². The third-order valence-corrected chi connectivity index (χ3v) is 4.77. The molecular formula is C13H11Cl4NS. The summed E-state index contributed by atoms with van der Waals surface area (Å²) in [5.41, 5.74) is 1.81. The lowest BCUT2D eigenvalue weighted by Gasteiger charge is -2.19. The first-order valence-corrected chi connectivity index (χ1v) is 7.98. The molecule has 1 nitrogen and oxygen atoms in total. The van der Waals surface area contributed by atoms with Crippen LogP contribution in [0.1, 0.15) is 24.1 Å². The Morgan fingerprint density at radius 2 is 1.84 bits per heavy atom. The molecule has 0 radical (unpaired) electrons. The fourth-order valence-corrected chi connectivity index (χ4v) is 3.82. The molecule has 1 unspecified atom stereocenters. The van der Waals surface area contributed by atoms with Crippen LogP contribution in [-0.2, 0) is 0 Å². The highest BCUT2D eigenvalue weighted by molar-refractivity contribution is 7.20. The van der Waals surface area contributed by atoms with Crippen molar-refractivity contribution in [3.63, 3.8) is 0 Å². The highest BCUT2D eigenvalue weighted by atomic mass is 35.5. The minimum atomic E-state index is -0.118. The highest BCUT2D eigenvalue weighted by Crippen LogP contribution is 2.39. The maximum atomic E-state index is 6.26. The lowest BCUT2D eigenvalue weighted by atomic mass is 10.0. The Bertz CT molecular complexity index is 582. The van der Waals surface area contributed by atoms with Crippen LogP contribution in [0.4, 0.5) is 0 Å². The van der Waals surface area contributed by atoms with Gasteiger partial charge in [0.2, 0.25) is 0 Å². The second kappa shape index (κ2) is 6.66. The van der Waals surface area contributed by atoms with Crippen LogP contribution >= 0.6 is 57.7 Å². The summed E-state index contributed by atoms with van der Waals surface area (Å²) in [5.74, 6) is 0. The van der Waals surface area contributed by atoms with Crippen LogP contribution in [0.3, 0.4) is 0 Å². The van der Waals surface area contributed by atoms with Crippen LogP contribution in [0.2, 0.25) is 18.7 Å². The number of rotatable bonds is 4. The van der Waals surface area contributed by atoms with Crippen LogP contribution in [0, 0.1) is 0 Å². The molecule has 1 N–H and O–H groups in total. The number of nitrogens with one attached hydrogen (secondary N) is 1. The van der Waals surface area contributed by atoms with Crippen molar-refractivity contribution in [1.29, 1.82) is 0 Å². The molecule has 0 fully saturated rings. The van der Waals surface area contributed by atoms with Crippen molar-refractivity contribution in [3.05, 3.63) is 54.1 Å². The van der Waals surface area contributed by atoms with Crippen molar-refractivity contribution in [2.75, 3.05) is 6.54 Å². The summed E-state index contributed by atoms with van der Waals surface area (Å²) in [6.07, 6.45) is 0. The molecule has 0 bridgehead atoms. The Hall–Kier alpha value is 0.0400. The third-order valence-electron chi connectivity index (χ3n) is 2.67. The summed E-state index contributed by atoms with van der Waals surface area (Å²) in [4.78, 5) is 0. The maximum absolute atomic E-state index is 6.26. The van der Waals surface area contributed by atoms with Crippen molar-refractivity contribution in [2.45, 2.75) is 13.0 Å². The maximum Gasteiger partial charge on any atom is 0.0995 e. The van der Waals surface area contributed by atoms with E-state index in [9.17, 15) is 0 Å². The fourth-order valence-electron chi connectivity index (χ4n) is 1.88. The van der Waals surface area contributed by atoms with Crippen molar-refractivity contribution in [2.24, 2.45) is 0 Å². The minimum absolute atomic E-state index is 0.118. The van der Waals surface area contributed by atoms with Gasteiger partial charge in [0.1, 0.15) is 0 Å². The standard InChI is InChI=1S/C13H11Cl4NS/c1-2-18-12(9-6-11(16)19-13(9)17)8-5-7(14)3-4-10(8)15/h3-6,12,18H,2H2,1H3. The molecule has 1 atom stereocenters. The van der Waals surface area contributed by atoms with E-state index in [0.717, 1.165) is 17.7 Å². The smallest absolute Gasteiger partial charge is 0.0995 e. The number of benzene rings is 1. The highest BCUT2D eigenvalue weighted by Gasteiger charge is 2.21. The zero-order valence-electron chi connectivity index (χ0n) is 10.0. The largest absolute Gasteiger partial charge is 0.306 e. The number of hydrogen-bond acceptors (Lipinski definition) is 2. The van der Waals surface area contributed by atoms with Crippen LogP contribution < -0.4 is 5.32 Å². The van der Waals surface area contributed by atoms with Gasteiger partial charge in [0.05, 0.1) is 14.7 Å². The SMILES string of the molecule is CCNC(c1cc(Cl)ccc1Cl)c1cc(Cl)sc1Cl. The molecule has 0 aliphatic carbocycles. The second-order valence-corrected chi connectivity index (χ2v) is 7.07. The van der Waals surface area contributed by atoms with E-state index in [-0.39, 0.29) is 6.04 Å². The molecule has 6 heteroatoms. The Balaban J connectivity index is 2.51. The molecule has 0 aliphatic rings. The van der Waals surface area contributed by atoms with Crippen molar-refractivity contribution in [3.8, 4) is 0 Å². The second-order valence-electron chi connectivity index (χ2n) is 3.94. The van der Waals surface area contributed by atoms with E-state index >= 15 is 0 Å². The Labute approximate surface area is 136 Å². The monoisotopic (exact) mass is 353 g/mol. The lowest BCUT2D eigenvalue weighted by Crippen LogP contribution is -2.22. The summed E-state index contributed by atoms with van der Waals surface area (Å²) >= 11 is 25.9. The normalized spacial score (nSPS) is 12.7. The van der Waals surface area contributed by atoms with Crippen molar-refractivity contribution < 1.29 is 0 Å². The Kier molecular flexibility index (Phi) is 5.41. The van der Waals surface area contributed by atoms with E-state index in [0.29, 0.717) is 18.7 Å². The first-order valence-electron chi connectivity index (χ1n) is 5.66. The molecule has 0 saturated carbocycles. The molecule has 1 aromatic heterocycles. The summed E-state index contributed by atoms with van der Waals surface area (Å²) in [5, 5.41) is 4.64. The molecule has 0 aliphatic heterocycles. The quantitative estimate of drug-likeness (QED) is 0.703. The van der Waals surface area contributed by atoms with E-state index in [1.807, 2.05) is 19.1 Å². The van der Waals surface area contributed by atoms with Gasteiger partial charge in [-0.2, -0.15) is 0 Å². The summed E-state index contributed by atoms with van der Waals surface area (Å²) in [6, 6.07) is 7.13. The molecule has 19 heavy (non-hydrogen) atoms. The molecule has 2 rings (SSSR count). The molecule has 1 heterocycles. The van der Waals surface area contributed by atoms with Crippen LogP contribution in [-0.4, -0.2) is 6.54 Å². The van der Waals surface area contributed by atoms with Gasteiger partial charge in [0.25, 0.3) is 0 Å². The Morgan fingerprint density at radius 1 is 1.11 bits per heavy atom. The predicted octanol–water partition coefficient (Wildman–Crippen LogP) is 6.06. The van der Waals surface area contributed by atoms with Gasteiger partial charge in [-0.15, -0.1) is 11.3 Å². The third kappa shape index (κ3) is 3.57. The molecule has 1 aromatic carbocycles. The first kappa shape index (κ1) is 15.4. The van der Waals surface area contributed by atoms with Gasteiger partial charge in [-0.05, 0) is 36.4 Å². The molecule has 0 spiro atoms. The van der Waals surface area contributed by atoms with Gasteiger partial charge in [-0.1, -0.05) is 53.3 Å². The number of thiophene rings is 1. The zero-order valence-corrected chi connectivity index (χ0v) is 13.9. The van der Waals surface area contributed by atoms with E-state index in [2.05, 4.69) is 5.32 Å². The topological polar surface area (TPSA) is 12.0 Å². The fraction of sp³-hybridized carbons (Fsp3) is 0.231. The van der Waals surface area contributed by atoms with Gasteiger partial charge in [-0.25, -0.2) is 0 Å². The predicted molar refractivity (Wildman–Crippen MR) is 86.3 cm³/mol. The van der Waals surface area contributed by atoms with Gasteiger partial charge >= 0.3 is 0 Å². The number of halogens is 4. The van der Waals surface area contributed by atoms with E-state index in [1.54, 1.807) is 12.1 Å². The zero-order chi connectivity index (χ0) is 14.0. The average molecular weight is 355 g/mol. The lowest BCUT2D eigenvalue weighted by molar-refractivity contribution is 0.633. The molecule has 102 valence electrons. The molecule has 0 amide bonds. The average Bonchev–Trinajstić information content (AvgIpc) is 2.69. The molecule has 0 saturated heterocycles. The van der Waals surface area contributed by atoms with E-state index in [4.69, 9.17) is 46.4 Å². The first-order chi connectivity index (χ1) is 9.02. The van der Waals surface area contributed by atoms with Gasteiger partial charge in [-0.3, -0.25) is 0 Å². The van der Waals surface area contributed by atoms with Crippen molar-refractivity contribution >= 4 is 57.7 Å². The van der Waals surface area contributed by atoms with Gasteiger partial charge in [0, 0.05) is 15.6 Å². The van der Waals surface area contributed by atoms with E-state index < -0.39 is 0 Å². The molecule has 2 aromatic rings. The summed E-state index contributed by atoms with van der Waals surface area (Å²) < 4.78 is 1.31. The van der Waals surface area contributed by atoms with Gasteiger partial charge in [0.15, 0.2) is 0 Å².